The van der Waals surface area contributed by atoms with Crippen molar-refractivity contribution in [3.8, 4) is 17.1 Å². The van der Waals surface area contributed by atoms with Crippen LogP contribution in [-0.4, -0.2) is 27.2 Å². The summed E-state index contributed by atoms with van der Waals surface area (Å²) < 4.78 is 8.25. The van der Waals surface area contributed by atoms with Crippen LogP contribution < -0.4 is 4.74 Å². The highest BCUT2D eigenvalue weighted by Gasteiger charge is 2.30. The molecule has 5 heteroatoms. The van der Waals surface area contributed by atoms with E-state index >= 15 is 0 Å². The lowest BCUT2D eigenvalue weighted by atomic mass is 9.82. The quantitative estimate of drug-likeness (QED) is 0.672. The summed E-state index contributed by atoms with van der Waals surface area (Å²) in [5.74, 6) is 0.412. The number of benzene rings is 1. The third-order valence-electron chi connectivity index (χ3n) is 6.16. The molecule has 0 amide bonds. The van der Waals surface area contributed by atoms with Gasteiger partial charge in [0, 0.05) is 16.6 Å². The second-order valence-electron chi connectivity index (χ2n) is 7.93. The van der Waals surface area contributed by atoms with Crippen molar-refractivity contribution in [1.82, 2.24) is 9.55 Å². The molecule has 0 radical (unpaired) electrons. The van der Waals surface area contributed by atoms with Crippen LogP contribution in [-0.2, 0) is 6.54 Å². The SMILES string of the molecule is Cc1ccc2c(n1)-c1c(C3CCCCC3)c3ccc(C(=O)O)cc3n1CCO2. The molecule has 5 rings (SSSR count). The van der Waals surface area contributed by atoms with Gasteiger partial charge in [-0.2, -0.15) is 0 Å². The molecule has 2 aromatic heterocycles. The number of rotatable bonds is 2. The Bertz CT molecular complexity index is 1080. The number of carbonyl (C=O) groups is 1. The Hall–Kier alpha value is -2.82. The summed E-state index contributed by atoms with van der Waals surface area (Å²) >= 11 is 0. The smallest absolute Gasteiger partial charge is 0.335 e. The second kappa shape index (κ2) is 6.66. The molecule has 5 nitrogen and oxygen atoms in total. The first-order chi connectivity index (χ1) is 13.6. The standard InChI is InChI=1S/C23H24N2O3/c1-14-7-10-19-21(24-14)22-20(15-5-3-2-4-6-15)17-9-8-16(23(26)27)13-18(17)25(22)11-12-28-19/h7-10,13,15H,2-6,11-12H2,1H3,(H,26,27). The van der Waals surface area contributed by atoms with E-state index in [1.807, 2.05) is 31.2 Å². The monoisotopic (exact) mass is 376 g/mol. The molecule has 1 fully saturated rings. The zero-order valence-corrected chi connectivity index (χ0v) is 16.1. The van der Waals surface area contributed by atoms with Gasteiger partial charge in [0.15, 0.2) is 0 Å². The molecule has 0 atom stereocenters. The Labute approximate surface area is 164 Å². The van der Waals surface area contributed by atoms with Gasteiger partial charge in [-0.1, -0.05) is 25.3 Å². The van der Waals surface area contributed by atoms with Gasteiger partial charge in [0.2, 0.25) is 0 Å². The van der Waals surface area contributed by atoms with Gasteiger partial charge in [-0.15, -0.1) is 0 Å². The van der Waals surface area contributed by atoms with Crippen LogP contribution in [0.5, 0.6) is 5.75 Å². The number of hydrogen-bond donors (Lipinski definition) is 1. The first-order valence-electron chi connectivity index (χ1n) is 10.1. The highest BCUT2D eigenvalue weighted by molar-refractivity contribution is 5.98. The summed E-state index contributed by atoms with van der Waals surface area (Å²) in [5.41, 5.74) is 5.62. The van der Waals surface area contributed by atoms with Gasteiger partial charge in [0.25, 0.3) is 0 Å². The number of pyridine rings is 1. The van der Waals surface area contributed by atoms with Gasteiger partial charge in [-0.25, -0.2) is 9.78 Å². The Morgan fingerprint density at radius 3 is 2.79 bits per heavy atom. The fourth-order valence-electron chi connectivity index (χ4n) is 4.88. The van der Waals surface area contributed by atoms with Crippen LogP contribution >= 0.6 is 0 Å². The average molecular weight is 376 g/mol. The van der Waals surface area contributed by atoms with E-state index in [0.717, 1.165) is 28.3 Å². The molecular weight excluding hydrogens is 352 g/mol. The van der Waals surface area contributed by atoms with E-state index in [1.54, 1.807) is 6.07 Å². The number of aryl methyl sites for hydroxylation is 1. The summed E-state index contributed by atoms with van der Waals surface area (Å²) in [5, 5.41) is 10.7. The van der Waals surface area contributed by atoms with Crippen LogP contribution in [0.1, 0.15) is 59.6 Å². The van der Waals surface area contributed by atoms with Gasteiger partial charge >= 0.3 is 5.97 Å². The highest BCUT2D eigenvalue weighted by Crippen LogP contribution is 2.46. The minimum Gasteiger partial charge on any atom is -0.489 e. The molecular formula is C23H24N2O3. The second-order valence-corrected chi connectivity index (χ2v) is 7.93. The number of ether oxygens (including phenoxy) is 1. The van der Waals surface area contributed by atoms with Crippen molar-refractivity contribution in [2.24, 2.45) is 0 Å². The maximum Gasteiger partial charge on any atom is 0.335 e. The van der Waals surface area contributed by atoms with Crippen molar-refractivity contribution in [2.45, 2.75) is 51.5 Å². The summed E-state index contributed by atoms with van der Waals surface area (Å²) in [4.78, 5) is 16.4. The number of aromatic carboxylic acids is 1. The fraction of sp³-hybridized carbons (Fsp3) is 0.391. The zero-order valence-electron chi connectivity index (χ0n) is 16.1. The first kappa shape index (κ1) is 17.3. The topological polar surface area (TPSA) is 64.3 Å². The van der Waals surface area contributed by atoms with Crippen LogP contribution in [0.2, 0.25) is 0 Å². The number of hydrogen-bond acceptors (Lipinski definition) is 3. The fourth-order valence-corrected chi connectivity index (χ4v) is 4.88. The number of nitrogens with zero attached hydrogens (tertiary/aromatic N) is 2. The van der Waals surface area contributed by atoms with Crippen molar-refractivity contribution in [1.29, 1.82) is 0 Å². The van der Waals surface area contributed by atoms with Crippen molar-refractivity contribution in [3.05, 3.63) is 47.2 Å². The number of carboxylic acids is 1. The molecule has 3 aromatic rings. The number of carboxylic acid groups (broad SMARTS) is 1. The molecule has 1 N–H and O–H groups in total. The molecule has 1 aliphatic carbocycles. The van der Waals surface area contributed by atoms with E-state index in [0.29, 0.717) is 24.6 Å². The van der Waals surface area contributed by atoms with Gasteiger partial charge in [-0.3, -0.25) is 0 Å². The molecule has 0 spiro atoms. The summed E-state index contributed by atoms with van der Waals surface area (Å²) in [7, 11) is 0. The zero-order chi connectivity index (χ0) is 19.3. The third kappa shape index (κ3) is 2.68. The predicted molar refractivity (Wildman–Crippen MR) is 108 cm³/mol. The van der Waals surface area contributed by atoms with E-state index in [1.165, 1.54) is 43.1 Å². The lowest BCUT2D eigenvalue weighted by Gasteiger charge is -2.23. The van der Waals surface area contributed by atoms with Crippen LogP contribution in [0.15, 0.2) is 30.3 Å². The predicted octanol–water partition coefficient (Wildman–Crippen LogP) is 5.15. The van der Waals surface area contributed by atoms with E-state index in [2.05, 4.69) is 4.57 Å². The molecule has 2 aliphatic rings. The Morgan fingerprint density at radius 1 is 1.18 bits per heavy atom. The molecule has 144 valence electrons. The largest absolute Gasteiger partial charge is 0.489 e. The number of aromatic nitrogens is 2. The van der Waals surface area contributed by atoms with Crippen LogP contribution in [0.25, 0.3) is 22.3 Å². The Balaban J connectivity index is 1.85. The molecule has 1 aromatic carbocycles. The molecule has 3 heterocycles. The first-order valence-corrected chi connectivity index (χ1v) is 10.1. The molecule has 0 unspecified atom stereocenters. The summed E-state index contributed by atoms with van der Waals surface area (Å²) in [6.45, 7) is 3.24. The molecule has 0 bridgehead atoms. The molecule has 0 saturated heterocycles. The van der Waals surface area contributed by atoms with E-state index in [4.69, 9.17) is 9.72 Å². The Kier molecular flexibility index (Phi) is 4.11. The van der Waals surface area contributed by atoms with Crippen molar-refractivity contribution in [3.63, 3.8) is 0 Å². The van der Waals surface area contributed by atoms with Crippen molar-refractivity contribution >= 4 is 16.9 Å². The molecule has 28 heavy (non-hydrogen) atoms. The van der Waals surface area contributed by atoms with Gasteiger partial charge in [0.1, 0.15) is 18.1 Å². The lowest BCUT2D eigenvalue weighted by molar-refractivity contribution is 0.0697. The third-order valence-corrected chi connectivity index (χ3v) is 6.16. The highest BCUT2D eigenvalue weighted by atomic mass is 16.5. The van der Waals surface area contributed by atoms with Gasteiger partial charge < -0.3 is 14.4 Å². The van der Waals surface area contributed by atoms with E-state index < -0.39 is 5.97 Å². The minimum absolute atomic E-state index is 0.325. The van der Waals surface area contributed by atoms with E-state index in [9.17, 15) is 9.90 Å². The average Bonchev–Trinajstić information content (AvgIpc) is 2.91. The lowest BCUT2D eigenvalue weighted by Crippen LogP contribution is -2.08. The van der Waals surface area contributed by atoms with Crippen molar-refractivity contribution in [2.75, 3.05) is 6.61 Å². The summed E-state index contributed by atoms with van der Waals surface area (Å²) in [6, 6.07) is 9.55. The summed E-state index contributed by atoms with van der Waals surface area (Å²) in [6.07, 6.45) is 6.14. The van der Waals surface area contributed by atoms with Crippen molar-refractivity contribution < 1.29 is 14.6 Å². The Morgan fingerprint density at radius 2 is 2.00 bits per heavy atom. The van der Waals surface area contributed by atoms with E-state index in [-0.39, 0.29) is 0 Å². The molecule has 1 aliphatic heterocycles. The van der Waals surface area contributed by atoms with Crippen LogP contribution in [0.4, 0.5) is 0 Å². The van der Waals surface area contributed by atoms with Gasteiger partial charge in [0.05, 0.1) is 17.8 Å². The molecule has 1 saturated carbocycles. The minimum atomic E-state index is -0.893. The number of fused-ring (bicyclic) bond motifs is 5. The van der Waals surface area contributed by atoms with Crippen LogP contribution in [0, 0.1) is 6.92 Å². The maximum atomic E-state index is 11.6. The van der Waals surface area contributed by atoms with Crippen LogP contribution in [0.3, 0.4) is 0 Å². The van der Waals surface area contributed by atoms with Gasteiger partial charge in [-0.05, 0) is 55.5 Å². The normalized spacial score (nSPS) is 16.9. The maximum absolute atomic E-state index is 11.6.